The van der Waals surface area contributed by atoms with Crippen LogP contribution in [0, 0.1) is 0 Å². The molecule has 2 aromatic carbocycles. The number of methoxy groups -OCH3 is 3. The van der Waals surface area contributed by atoms with Crippen LogP contribution >= 0.6 is 0 Å². The van der Waals surface area contributed by atoms with Gasteiger partial charge in [-0.3, -0.25) is 9.59 Å². The van der Waals surface area contributed by atoms with E-state index in [1.165, 1.54) is 26.2 Å². The van der Waals surface area contributed by atoms with Gasteiger partial charge in [0, 0.05) is 36.3 Å². The van der Waals surface area contributed by atoms with Gasteiger partial charge in [0.05, 0.1) is 32.4 Å². The number of fused-ring (bicyclic) bond motifs is 1. The third kappa shape index (κ3) is 3.38. The van der Waals surface area contributed by atoms with Crippen LogP contribution in [0.25, 0.3) is 16.7 Å². The Morgan fingerprint density at radius 2 is 1.72 bits per heavy atom. The van der Waals surface area contributed by atoms with E-state index in [4.69, 9.17) is 14.2 Å². The van der Waals surface area contributed by atoms with E-state index in [2.05, 4.69) is 4.98 Å². The second-order valence-corrected chi connectivity index (χ2v) is 7.31. The van der Waals surface area contributed by atoms with Gasteiger partial charge in [0.25, 0.3) is 11.7 Å². The van der Waals surface area contributed by atoms with Gasteiger partial charge in [-0.2, -0.15) is 0 Å². The fraction of sp³-hybridized carbons (Fsp3) is 0.250. The second kappa shape index (κ2) is 8.76. The average Bonchev–Trinajstić information content (AvgIpc) is 3.35. The molecule has 1 saturated heterocycles. The molecule has 4 rings (SSSR count). The minimum Gasteiger partial charge on any atom is -0.506 e. The average molecular weight is 436 g/mol. The van der Waals surface area contributed by atoms with Gasteiger partial charge < -0.3 is 29.2 Å². The van der Waals surface area contributed by atoms with Crippen molar-refractivity contribution in [2.24, 2.45) is 0 Å². The number of Topliss-reactive ketones (excluding diaryl/α,β-unsaturated/α-hetero) is 1. The van der Waals surface area contributed by atoms with Crippen molar-refractivity contribution in [3.05, 3.63) is 65.4 Å². The number of H-pyrrole nitrogens is 1. The van der Waals surface area contributed by atoms with Crippen molar-refractivity contribution in [2.75, 3.05) is 34.5 Å². The Morgan fingerprint density at radius 3 is 2.38 bits per heavy atom. The van der Waals surface area contributed by atoms with Gasteiger partial charge in [-0.15, -0.1) is 0 Å². The second-order valence-electron chi connectivity index (χ2n) is 7.31. The molecular weight excluding hydrogens is 412 g/mol. The molecule has 1 atom stereocenters. The zero-order chi connectivity index (χ0) is 22.8. The summed E-state index contributed by atoms with van der Waals surface area (Å²) in [6.07, 6.45) is 1.76. The first kappa shape index (κ1) is 21.5. The van der Waals surface area contributed by atoms with E-state index in [0.717, 1.165) is 10.9 Å². The lowest BCUT2D eigenvalue weighted by Crippen LogP contribution is -2.32. The Hall–Kier alpha value is -3.78. The molecule has 32 heavy (non-hydrogen) atoms. The molecule has 8 nitrogen and oxygen atoms in total. The molecule has 0 bridgehead atoms. The summed E-state index contributed by atoms with van der Waals surface area (Å²) in [6, 6.07) is 11.8. The number of aromatic nitrogens is 1. The predicted molar refractivity (Wildman–Crippen MR) is 119 cm³/mol. The maximum Gasteiger partial charge on any atom is 0.295 e. The molecule has 3 aromatic rings. The number of benzene rings is 2. The lowest BCUT2D eigenvalue weighted by Gasteiger charge is -2.25. The highest BCUT2D eigenvalue weighted by Gasteiger charge is 2.47. The topological polar surface area (TPSA) is 101 Å². The van der Waals surface area contributed by atoms with Crippen molar-refractivity contribution in [2.45, 2.75) is 6.04 Å². The van der Waals surface area contributed by atoms with Crippen LogP contribution in [0.4, 0.5) is 0 Å². The Labute approximate surface area is 185 Å². The normalized spacial score (nSPS) is 17.8. The van der Waals surface area contributed by atoms with E-state index < -0.39 is 17.7 Å². The number of amides is 1. The van der Waals surface area contributed by atoms with E-state index in [1.807, 2.05) is 24.3 Å². The molecule has 1 amide bonds. The van der Waals surface area contributed by atoms with Crippen LogP contribution in [0.1, 0.15) is 17.2 Å². The summed E-state index contributed by atoms with van der Waals surface area (Å²) in [7, 11) is 4.44. The number of aliphatic hydroxyl groups excluding tert-OH is 1. The zero-order valence-electron chi connectivity index (χ0n) is 18.0. The van der Waals surface area contributed by atoms with Crippen molar-refractivity contribution in [1.29, 1.82) is 0 Å². The van der Waals surface area contributed by atoms with E-state index in [1.54, 1.807) is 24.4 Å². The van der Waals surface area contributed by atoms with Gasteiger partial charge in [0.2, 0.25) is 0 Å². The van der Waals surface area contributed by atoms with Gasteiger partial charge in [0.1, 0.15) is 22.8 Å². The van der Waals surface area contributed by atoms with Crippen LogP contribution in [0.15, 0.2) is 54.2 Å². The lowest BCUT2D eigenvalue weighted by molar-refractivity contribution is -0.140. The molecule has 0 spiro atoms. The number of ketones is 1. The number of aliphatic hydroxyl groups is 1. The number of nitrogens with one attached hydrogen (secondary N) is 1. The smallest absolute Gasteiger partial charge is 0.295 e. The van der Waals surface area contributed by atoms with Crippen LogP contribution in [0.2, 0.25) is 0 Å². The number of hydrogen-bond acceptors (Lipinski definition) is 6. The Morgan fingerprint density at radius 1 is 1.03 bits per heavy atom. The molecule has 1 unspecified atom stereocenters. The SMILES string of the molecule is COCCN1C(=O)C(=O)/C(=C(/O)c2c(OC)cccc2OC)C1c1c[nH]c2ccccc12. The number of ether oxygens (including phenoxy) is 3. The van der Waals surface area contributed by atoms with Gasteiger partial charge in [-0.05, 0) is 18.2 Å². The van der Waals surface area contributed by atoms with Crippen LogP contribution in [-0.4, -0.2) is 61.2 Å². The fourth-order valence-electron chi connectivity index (χ4n) is 4.16. The number of para-hydroxylation sites is 1. The number of aromatic amines is 1. The molecule has 166 valence electrons. The summed E-state index contributed by atoms with van der Waals surface area (Å²) in [5.41, 5.74) is 1.74. The summed E-state index contributed by atoms with van der Waals surface area (Å²) in [5, 5.41) is 12.2. The summed E-state index contributed by atoms with van der Waals surface area (Å²) in [5.74, 6) is -1.19. The van der Waals surface area contributed by atoms with E-state index in [9.17, 15) is 14.7 Å². The zero-order valence-corrected chi connectivity index (χ0v) is 18.0. The number of nitrogens with zero attached hydrogens (tertiary/aromatic N) is 1. The fourth-order valence-corrected chi connectivity index (χ4v) is 4.16. The van der Waals surface area contributed by atoms with Crippen molar-refractivity contribution < 1.29 is 28.9 Å². The summed E-state index contributed by atoms with van der Waals surface area (Å²) in [4.78, 5) is 30.8. The lowest BCUT2D eigenvalue weighted by atomic mass is 9.94. The van der Waals surface area contributed by atoms with Crippen LogP contribution in [-0.2, 0) is 14.3 Å². The van der Waals surface area contributed by atoms with Crippen molar-refractivity contribution in [3.8, 4) is 11.5 Å². The maximum atomic E-state index is 13.2. The van der Waals surface area contributed by atoms with Crippen LogP contribution in [0.5, 0.6) is 11.5 Å². The third-order valence-corrected chi connectivity index (χ3v) is 5.66. The predicted octanol–water partition coefficient (Wildman–Crippen LogP) is 3.25. The maximum absolute atomic E-state index is 13.2. The minimum atomic E-state index is -0.809. The summed E-state index contributed by atoms with van der Waals surface area (Å²) >= 11 is 0. The molecule has 1 aromatic heterocycles. The Bertz CT molecular complexity index is 1190. The summed E-state index contributed by atoms with van der Waals surface area (Å²) in [6.45, 7) is 0.426. The molecule has 1 aliphatic heterocycles. The molecule has 1 fully saturated rings. The highest BCUT2D eigenvalue weighted by molar-refractivity contribution is 6.46. The standard InChI is InChI=1S/C24H24N2O6/c1-30-12-11-26-21(15-13-25-16-8-5-4-7-14(15)16)20(23(28)24(26)29)22(27)19-17(31-2)9-6-10-18(19)32-3/h4-10,13,21,25,27H,11-12H2,1-3H3/b22-20+. The Kier molecular flexibility index (Phi) is 5.87. The third-order valence-electron chi connectivity index (χ3n) is 5.66. The quantitative estimate of drug-likeness (QED) is 0.335. The number of rotatable bonds is 7. The first-order valence-corrected chi connectivity index (χ1v) is 10.1. The van der Waals surface area contributed by atoms with Gasteiger partial charge in [-0.1, -0.05) is 24.3 Å². The highest BCUT2D eigenvalue weighted by Crippen LogP contribution is 2.44. The first-order valence-electron chi connectivity index (χ1n) is 10.1. The number of carbonyl (C=O) groups excluding carboxylic acids is 2. The van der Waals surface area contributed by atoms with Crippen molar-refractivity contribution in [3.63, 3.8) is 0 Å². The first-order chi connectivity index (χ1) is 15.5. The van der Waals surface area contributed by atoms with Gasteiger partial charge in [0.15, 0.2) is 0 Å². The molecule has 1 aliphatic rings. The number of hydrogen-bond donors (Lipinski definition) is 2. The van der Waals surface area contributed by atoms with Gasteiger partial charge in [-0.25, -0.2) is 0 Å². The molecule has 2 heterocycles. The van der Waals surface area contributed by atoms with Crippen molar-refractivity contribution in [1.82, 2.24) is 9.88 Å². The summed E-state index contributed by atoms with van der Waals surface area (Å²) < 4.78 is 16.0. The monoisotopic (exact) mass is 436 g/mol. The number of likely N-dealkylation sites (tertiary alicyclic amines) is 1. The molecule has 0 aliphatic carbocycles. The minimum absolute atomic E-state index is 0.0290. The van der Waals surface area contributed by atoms with Crippen molar-refractivity contribution >= 4 is 28.4 Å². The molecule has 2 N–H and O–H groups in total. The molecular formula is C24H24N2O6. The van der Waals surface area contributed by atoms with E-state index in [0.29, 0.717) is 17.1 Å². The van der Waals surface area contributed by atoms with Crippen LogP contribution in [0.3, 0.4) is 0 Å². The molecule has 0 saturated carbocycles. The molecule has 8 heteroatoms. The van der Waals surface area contributed by atoms with E-state index >= 15 is 0 Å². The van der Waals surface area contributed by atoms with Crippen LogP contribution < -0.4 is 9.47 Å². The Balaban J connectivity index is 1.99. The number of carbonyl (C=O) groups is 2. The largest absolute Gasteiger partial charge is 0.506 e. The highest BCUT2D eigenvalue weighted by atomic mass is 16.5. The molecule has 0 radical (unpaired) electrons. The van der Waals surface area contributed by atoms with E-state index in [-0.39, 0.29) is 30.0 Å². The van der Waals surface area contributed by atoms with Gasteiger partial charge >= 0.3 is 0 Å².